The molecule has 3 aromatic rings. The molecule has 0 spiro atoms. The van der Waals surface area contributed by atoms with Crippen LogP contribution >= 0.6 is 11.8 Å². The Balaban J connectivity index is 1.61. The quantitative estimate of drug-likeness (QED) is 0.646. The largest absolute Gasteiger partial charge is 0.468 e. The maximum Gasteiger partial charge on any atom is 0.184 e. The van der Waals surface area contributed by atoms with Crippen molar-refractivity contribution in [3.05, 3.63) is 84.2 Å². The van der Waals surface area contributed by atoms with E-state index >= 15 is 0 Å². The van der Waals surface area contributed by atoms with Gasteiger partial charge in [-0.15, -0.1) is 0 Å². The molecule has 0 unspecified atom stereocenters. The smallest absolute Gasteiger partial charge is 0.184 e. The van der Waals surface area contributed by atoms with Crippen LogP contribution in [0, 0.1) is 0 Å². The highest BCUT2D eigenvalue weighted by Crippen LogP contribution is 2.48. The second kappa shape index (κ2) is 6.30. The van der Waals surface area contributed by atoms with E-state index in [4.69, 9.17) is 13.8 Å². The first-order valence-corrected chi connectivity index (χ1v) is 8.18. The number of nitrogens with zero attached hydrogens (tertiary/aromatic N) is 2. The van der Waals surface area contributed by atoms with Crippen molar-refractivity contribution >= 4 is 23.1 Å². The summed E-state index contributed by atoms with van der Waals surface area (Å²) in [6, 6.07) is 17.5. The molecule has 0 amide bonds. The van der Waals surface area contributed by atoms with E-state index in [2.05, 4.69) is 4.99 Å². The normalized spacial score (nSPS) is 21.0. The highest BCUT2D eigenvalue weighted by molar-refractivity contribution is 8.14. The summed E-state index contributed by atoms with van der Waals surface area (Å²) in [5.41, 5.74) is 1.05. The van der Waals surface area contributed by atoms with Gasteiger partial charge in [0, 0.05) is 6.21 Å². The third-order valence-electron chi connectivity index (χ3n) is 3.55. The minimum Gasteiger partial charge on any atom is -0.468 e. The van der Waals surface area contributed by atoms with Gasteiger partial charge in [0.2, 0.25) is 0 Å². The second-order valence-corrected chi connectivity index (χ2v) is 6.20. The molecule has 0 N–H and O–H groups in total. The Morgan fingerprint density at radius 3 is 2.35 bits per heavy atom. The zero-order valence-electron chi connectivity index (χ0n) is 12.2. The van der Waals surface area contributed by atoms with Crippen molar-refractivity contribution in [2.45, 2.75) is 11.3 Å². The van der Waals surface area contributed by atoms with Gasteiger partial charge in [-0.1, -0.05) is 42.1 Å². The van der Waals surface area contributed by atoms with Gasteiger partial charge in [-0.2, -0.15) is 0 Å². The lowest BCUT2D eigenvalue weighted by molar-refractivity contribution is 0.432. The molecule has 1 aliphatic rings. The van der Waals surface area contributed by atoms with E-state index in [-0.39, 0.29) is 11.3 Å². The van der Waals surface area contributed by atoms with E-state index in [1.165, 1.54) is 0 Å². The van der Waals surface area contributed by atoms with Crippen molar-refractivity contribution in [1.82, 2.24) is 0 Å². The molecule has 0 bridgehead atoms. The van der Waals surface area contributed by atoms with Crippen LogP contribution in [0.5, 0.6) is 0 Å². The minimum atomic E-state index is -0.121. The Labute approximate surface area is 138 Å². The van der Waals surface area contributed by atoms with Gasteiger partial charge in [0.25, 0.3) is 0 Å². The molecular weight excluding hydrogens is 308 g/mol. The SMILES string of the molecule is C(=NC1=N[C@@H](c2ccco2)[C@@H](c2ccco2)S1)c1ccccc1. The summed E-state index contributed by atoms with van der Waals surface area (Å²) in [5, 5.41) is 0.774. The van der Waals surface area contributed by atoms with Crippen molar-refractivity contribution in [2.75, 3.05) is 0 Å². The molecule has 2 atom stereocenters. The Morgan fingerprint density at radius 1 is 0.913 bits per heavy atom. The van der Waals surface area contributed by atoms with Crippen LogP contribution in [0.1, 0.15) is 28.4 Å². The minimum absolute atomic E-state index is 0.0408. The molecule has 4 rings (SSSR count). The molecule has 0 saturated carbocycles. The van der Waals surface area contributed by atoms with E-state index in [9.17, 15) is 0 Å². The number of furan rings is 2. The number of hydrogen-bond acceptors (Lipinski definition) is 5. The Morgan fingerprint density at radius 2 is 1.65 bits per heavy atom. The maximum absolute atomic E-state index is 5.57. The van der Waals surface area contributed by atoms with E-state index in [1.54, 1.807) is 24.3 Å². The predicted molar refractivity (Wildman–Crippen MR) is 92.0 cm³/mol. The lowest BCUT2D eigenvalue weighted by atomic mass is 10.1. The highest BCUT2D eigenvalue weighted by Gasteiger charge is 2.36. The molecule has 0 aliphatic carbocycles. The first-order chi connectivity index (χ1) is 11.4. The van der Waals surface area contributed by atoms with Gasteiger partial charge in [-0.05, 0) is 29.8 Å². The maximum atomic E-state index is 5.57. The molecule has 0 fully saturated rings. The van der Waals surface area contributed by atoms with Crippen molar-refractivity contribution in [1.29, 1.82) is 0 Å². The fourth-order valence-corrected chi connectivity index (χ4v) is 3.56. The number of aliphatic imine (C=N–C) groups is 2. The van der Waals surface area contributed by atoms with Crippen LogP contribution in [0.15, 0.2) is 85.9 Å². The van der Waals surface area contributed by atoms with Crippen LogP contribution in [0.2, 0.25) is 0 Å². The van der Waals surface area contributed by atoms with E-state index < -0.39 is 0 Å². The number of rotatable bonds is 3. The van der Waals surface area contributed by atoms with Crippen LogP contribution in [0.3, 0.4) is 0 Å². The van der Waals surface area contributed by atoms with Gasteiger partial charge in [-0.25, -0.2) is 9.98 Å². The van der Waals surface area contributed by atoms with Crippen LogP contribution < -0.4 is 0 Å². The number of thioether (sulfide) groups is 1. The predicted octanol–water partition coefficient (Wildman–Crippen LogP) is 4.88. The molecule has 0 saturated heterocycles. The van der Waals surface area contributed by atoms with Gasteiger partial charge in [-0.3, -0.25) is 0 Å². The van der Waals surface area contributed by atoms with Crippen molar-refractivity contribution in [3.8, 4) is 0 Å². The molecule has 114 valence electrons. The fraction of sp³-hybridized carbons (Fsp3) is 0.111. The average Bonchev–Trinajstić information content (AvgIpc) is 3.33. The summed E-state index contributed by atoms with van der Waals surface area (Å²) in [5.74, 6) is 1.70. The first kappa shape index (κ1) is 14.1. The second-order valence-electron chi connectivity index (χ2n) is 5.09. The monoisotopic (exact) mass is 322 g/mol. The summed E-state index contributed by atoms with van der Waals surface area (Å²) < 4.78 is 11.1. The van der Waals surface area contributed by atoms with Crippen molar-refractivity contribution in [3.63, 3.8) is 0 Å². The van der Waals surface area contributed by atoms with Crippen LogP contribution in [-0.4, -0.2) is 11.4 Å². The highest BCUT2D eigenvalue weighted by atomic mass is 32.2. The lowest BCUT2D eigenvalue weighted by Gasteiger charge is -2.11. The van der Waals surface area contributed by atoms with Gasteiger partial charge < -0.3 is 8.83 Å². The molecule has 4 nitrogen and oxygen atoms in total. The average molecular weight is 322 g/mol. The summed E-state index contributed by atoms with van der Waals surface area (Å²) in [4.78, 5) is 9.23. The standard InChI is InChI=1S/C18H14N2O2S/c1-2-6-13(7-3-1)12-19-18-20-16(14-8-4-10-21-14)17(23-18)15-9-5-11-22-15/h1-12,16-17H/t16-,17+/m0/s1. The first-order valence-electron chi connectivity index (χ1n) is 7.30. The van der Waals surface area contributed by atoms with Crippen molar-refractivity contribution < 1.29 is 8.83 Å². The van der Waals surface area contributed by atoms with E-state index in [0.717, 1.165) is 22.3 Å². The van der Waals surface area contributed by atoms with Gasteiger partial charge >= 0.3 is 0 Å². The fourth-order valence-electron chi connectivity index (χ4n) is 2.47. The molecule has 2 aromatic heterocycles. The van der Waals surface area contributed by atoms with Crippen LogP contribution in [0.4, 0.5) is 0 Å². The zero-order valence-corrected chi connectivity index (χ0v) is 13.0. The molecule has 3 heterocycles. The summed E-state index contributed by atoms with van der Waals surface area (Å²) in [7, 11) is 0. The molecule has 1 aromatic carbocycles. The molecule has 0 radical (unpaired) electrons. The zero-order chi connectivity index (χ0) is 15.5. The third-order valence-corrected chi connectivity index (χ3v) is 4.72. The molecule has 5 heteroatoms. The number of hydrogen-bond donors (Lipinski definition) is 0. The van der Waals surface area contributed by atoms with Crippen LogP contribution in [0.25, 0.3) is 0 Å². The Bertz CT molecular complexity index is 808. The topological polar surface area (TPSA) is 51.0 Å². The van der Waals surface area contributed by atoms with E-state index in [0.29, 0.717) is 0 Å². The molecular formula is C18H14N2O2S. The Kier molecular flexibility index (Phi) is 3.86. The molecule has 23 heavy (non-hydrogen) atoms. The lowest BCUT2D eigenvalue weighted by Crippen LogP contribution is -1.99. The van der Waals surface area contributed by atoms with Crippen LogP contribution in [-0.2, 0) is 0 Å². The van der Waals surface area contributed by atoms with E-state index in [1.807, 2.05) is 60.8 Å². The van der Waals surface area contributed by atoms with Gasteiger partial charge in [0.05, 0.1) is 12.5 Å². The summed E-state index contributed by atoms with van der Waals surface area (Å²) in [6.07, 6.45) is 5.18. The third kappa shape index (κ3) is 3.00. The van der Waals surface area contributed by atoms with Crippen molar-refractivity contribution in [2.24, 2.45) is 9.98 Å². The number of amidine groups is 1. The van der Waals surface area contributed by atoms with Gasteiger partial charge in [0.15, 0.2) is 5.17 Å². The Hall–Kier alpha value is -2.53. The summed E-state index contributed by atoms with van der Waals surface area (Å²) in [6.45, 7) is 0. The number of benzene rings is 1. The van der Waals surface area contributed by atoms with Gasteiger partial charge in [0.1, 0.15) is 22.8 Å². The molecule has 1 aliphatic heterocycles. The summed E-state index contributed by atoms with van der Waals surface area (Å²) >= 11 is 1.59.